The largest absolute Gasteiger partial charge is 0.335 e. The standard InChI is InChI=1S/C16H26N4O3S/c1-5-6-12-9-20(10-14(12)19-24(4,22)23)16(21)13-7-8-17-15(18-13)11(2)3/h7-8,11-12,14,19H,5-6,9-10H2,1-4H3/t12-,14-/m1/s1. The maximum absolute atomic E-state index is 12.7. The molecule has 7 nitrogen and oxygen atoms in total. The van der Waals surface area contributed by atoms with Crippen LogP contribution in [0.1, 0.15) is 55.8 Å². The summed E-state index contributed by atoms with van der Waals surface area (Å²) in [6, 6.07) is 1.37. The van der Waals surface area contributed by atoms with Crippen molar-refractivity contribution in [1.82, 2.24) is 19.6 Å². The van der Waals surface area contributed by atoms with Crippen LogP contribution in [-0.2, 0) is 10.0 Å². The van der Waals surface area contributed by atoms with Gasteiger partial charge in [-0.25, -0.2) is 23.1 Å². The number of hydrogen-bond donors (Lipinski definition) is 1. The molecule has 0 radical (unpaired) electrons. The van der Waals surface area contributed by atoms with E-state index in [1.54, 1.807) is 17.2 Å². The lowest BCUT2D eigenvalue weighted by atomic mass is 9.99. The zero-order chi connectivity index (χ0) is 17.9. The molecule has 24 heavy (non-hydrogen) atoms. The summed E-state index contributed by atoms with van der Waals surface area (Å²) in [5, 5.41) is 0. The predicted molar refractivity (Wildman–Crippen MR) is 92.2 cm³/mol. The van der Waals surface area contributed by atoms with Crippen molar-refractivity contribution in [2.75, 3.05) is 19.3 Å². The van der Waals surface area contributed by atoms with Gasteiger partial charge in [0.15, 0.2) is 0 Å². The van der Waals surface area contributed by atoms with E-state index in [2.05, 4.69) is 21.6 Å². The molecule has 1 saturated heterocycles. The number of likely N-dealkylation sites (tertiary alicyclic amines) is 1. The molecule has 0 saturated carbocycles. The molecule has 1 aromatic rings. The number of amides is 1. The fraction of sp³-hybridized carbons (Fsp3) is 0.688. The molecule has 1 fully saturated rings. The smallest absolute Gasteiger partial charge is 0.272 e. The minimum absolute atomic E-state index is 0.125. The van der Waals surface area contributed by atoms with Gasteiger partial charge in [0.1, 0.15) is 11.5 Å². The Hall–Kier alpha value is -1.54. The van der Waals surface area contributed by atoms with Crippen molar-refractivity contribution < 1.29 is 13.2 Å². The number of hydrogen-bond acceptors (Lipinski definition) is 5. The SMILES string of the molecule is CCC[C@@H]1CN(C(=O)c2ccnc(C(C)C)n2)C[C@H]1NS(C)(=O)=O. The first-order chi connectivity index (χ1) is 11.2. The van der Waals surface area contributed by atoms with Gasteiger partial charge in [0.25, 0.3) is 5.91 Å². The average molecular weight is 354 g/mol. The number of sulfonamides is 1. The van der Waals surface area contributed by atoms with Crippen molar-refractivity contribution in [2.24, 2.45) is 5.92 Å². The molecule has 2 heterocycles. The number of nitrogens with zero attached hydrogens (tertiary/aromatic N) is 3. The maximum Gasteiger partial charge on any atom is 0.272 e. The topological polar surface area (TPSA) is 92.3 Å². The lowest BCUT2D eigenvalue weighted by molar-refractivity contribution is 0.0778. The van der Waals surface area contributed by atoms with E-state index in [0.29, 0.717) is 24.6 Å². The predicted octanol–water partition coefficient (Wildman–Crippen LogP) is 1.39. The molecule has 1 N–H and O–H groups in total. The minimum atomic E-state index is -3.30. The normalized spacial score (nSPS) is 21.5. The van der Waals surface area contributed by atoms with Gasteiger partial charge in [-0.15, -0.1) is 0 Å². The Morgan fingerprint density at radius 3 is 2.71 bits per heavy atom. The molecule has 1 amide bonds. The number of rotatable bonds is 6. The lowest BCUT2D eigenvalue weighted by Crippen LogP contribution is -2.40. The molecule has 0 unspecified atom stereocenters. The van der Waals surface area contributed by atoms with Gasteiger partial charge in [-0.05, 0) is 18.4 Å². The minimum Gasteiger partial charge on any atom is -0.335 e. The van der Waals surface area contributed by atoms with Gasteiger partial charge >= 0.3 is 0 Å². The fourth-order valence-electron chi connectivity index (χ4n) is 3.04. The Labute approximate surface area is 143 Å². The van der Waals surface area contributed by atoms with Crippen molar-refractivity contribution in [1.29, 1.82) is 0 Å². The Morgan fingerprint density at radius 1 is 1.42 bits per heavy atom. The molecule has 134 valence electrons. The molecule has 0 aromatic carbocycles. The molecule has 0 bridgehead atoms. The number of carbonyl (C=O) groups excluding carboxylic acids is 1. The molecule has 8 heteroatoms. The number of nitrogens with one attached hydrogen (secondary N) is 1. The van der Waals surface area contributed by atoms with Gasteiger partial charge in [-0.2, -0.15) is 0 Å². The van der Waals surface area contributed by atoms with Crippen molar-refractivity contribution in [3.05, 3.63) is 23.8 Å². The first kappa shape index (κ1) is 18.8. The molecule has 0 aliphatic carbocycles. The molecule has 0 spiro atoms. The highest BCUT2D eigenvalue weighted by molar-refractivity contribution is 7.88. The molecule has 1 aliphatic rings. The zero-order valence-electron chi connectivity index (χ0n) is 14.7. The van der Waals surface area contributed by atoms with E-state index in [-0.39, 0.29) is 23.8 Å². The molecule has 2 atom stereocenters. The van der Waals surface area contributed by atoms with Crippen LogP contribution in [0.3, 0.4) is 0 Å². The second kappa shape index (κ2) is 7.57. The van der Waals surface area contributed by atoms with Crippen LogP contribution in [0.2, 0.25) is 0 Å². The first-order valence-corrected chi connectivity index (χ1v) is 10.2. The van der Waals surface area contributed by atoms with Crippen LogP contribution in [0.5, 0.6) is 0 Å². The van der Waals surface area contributed by atoms with Gasteiger partial charge in [-0.1, -0.05) is 27.2 Å². The van der Waals surface area contributed by atoms with Gasteiger partial charge in [-0.3, -0.25) is 4.79 Å². The van der Waals surface area contributed by atoms with Crippen molar-refractivity contribution >= 4 is 15.9 Å². The molecule has 2 rings (SSSR count). The van der Waals surface area contributed by atoms with Crippen LogP contribution in [0.15, 0.2) is 12.3 Å². The third-order valence-corrected chi connectivity index (χ3v) is 4.89. The van der Waals surface area contributed by atoms with Crippen molar-refractivity contribution in [3.63, 3.8) is 0 Å². The zero-order valence-corrected chi connectivity index (χ0v) is 15.5. The van der Waals surface area contributed by atoms with Gasteiger partial charge in [0.2, 0.25) is 10.0 Å². The van der Waals surface area contributed by atoms with Crippen LogP contribution in [-0.4, -0.2) is 54.6 Å². The maximum atomic E-state index is 12.7. The van der Waals surface area contributed by atoms with E-state index in [4.69, 9.17) is 0 Å². The summed E-state index contributed by atoms with van der Waals surface area (Å²) in [5.74, 6) is 0.734. The second-order valence-corrected chi connectivity index (χ2v) is 8.49. The van der Waals surface area contributed by atoms with E-state index in [9.17, 15) is 13.2 Å². The highest BCUT2D eigenvalue weighted by atomic mass is 32.2. The Bertz CT molecular complexity index is 690. The molecule has 1 aliphatic heterocycles. The summed E-state index contributed by atoms with van der Waals surface area (Å²) in [5.41, 5.74) is 0.365. The molecular weight excluding hydrogens is 328 g/mol. The van der Waals surface area contributed by atoms with E-state index < -0.39 is 10.0 Å². The Balaban J connectivity index is 2.16. The summed E-state index contributed by atoms with van der Waals surface area (Å²) < 4.78 is 25.8. The van der Waals surface area contributed by atoms with Crippen molar-refractivity contribution in [3.8, 4) is 0 Å². The van der Waals surface area contributed by atoms with E-state index in [1.165, 1.54) is 0 Å². The van der Waals surface area contributed by atoms with Crippen LogP contribution in [0.4, 0.5) is 0 Å². The summed E-state index contributed by atoms with van der Waals surface area (Å²) in [6.07, 6.45) is 4.57. The Morgan fingerprint density at radius 2 is 2.12 bits per heavy atom. The summed E-state index contributed by atoms with van der Waals surface area (Å²) >= 11 is 0. The highest BCUT2D eigenvalue weighted by Gasteiger charge is 2.36. The average Bonchev–Trinajstić information content (AvgIpc) is 2.88. The Kier molecular flexibility index (Phi) is 5.92. The van der Waals surface area contributed by atoms with Crippen LogP contribution >= 0.6 is 0 Å². The monoisotopic (exact) mass is 354 g/mol. The van der Waals surface area contributed by atoms with Crippen LogP contribution < -0.4 is 4.72 Å². The van der Waals surface area contributed by atoms with Gasteiger partial charge in [0, 0.05) is 31.2 Å². The lowest BCUT2D eigenvalue weighted by Gasteiger charge is -2.17. The summed E-state index contributed by atoms with van der Waals surface area (Å²) in [6.45, 7) is 6.92. The number of aromatic nitrogens is 2. The molecular formula is C16H26N4O3S. The third-order valence-electron chi connectivity index (χ3n) is 4.16. The second-order valence-electron chi connectivity index (χ2n) is 6.71. The van der Waals surface area contributed by atoms with Crippen LogP contribution in [0, 0.1) is 5.92 Å². The van der Waals surface area contributed by atoms with Crippen LogP contribution in [0.25, 0.3) is 0 Å². The van der Waals surface area contributed by atoms with E-state index in [0.717, 1.165) is 19.1 Å². The number of carbonyl (C=O) groups is 1. The van der Waals surface area contributed by atoms with Gasteiger partial charge < -0.3 is 4.90 Å². The highest BCUT2D eigenvalue weighted by Crippen LogP contribution is 2.24. The summed E-state index contributed by atoms with van der Waals surface area (Å²) in [4.78, 5) is 23.0. The van der Waals surface area contributed by atoms with Gasteiger partial charge in [0.05, 0.1) is 6.26 Å². The van der Waals surface area contributed by atoms with E-state index >= 15 is 0 Å². The van der Waals surface area contributed by atoms with E-state index in [1.807, 2.05) is 13.8 Å². The summed E-state index contributed by atoms with van der Waals surface area (Å²) in [7, 11) is -3.30. The third kappa shape index (κ3) is 4.73. The quantitative estimate of drug-likeness (QED) is 0.833. The first-order valence-electron chi connectivity index (χ1n) is 8.30. The fourth-order valence-corrected chi connectivity index (χ4v) is 3.86. The molecule has 1 aromatic heterocycles. The van der Waals surface area contributed by atoms with Crippen molar-refractivity contribution in [2.45, 2.75) is 45.6 Å².